The maximum Gasteiger partial charge on any atom is 0.133 e. The second-order valence-electron chi connectivity index (χ2n) is 4.83. The van der Waals surface area contributed by atoms with E-state index in [1.54, 1.807) is 7.11 Å². The number of nitrogens with one attached hydrogen (secondary N) is 1. The van der Waals surface area contributed by atoms with Gasteiger partial charge < -0.3 is 15.0 Å². The average molecular weight is 333 g/mol. The van der Waals surface area contributed by atoms with Gasteiger partial charge in [0, 0.05) is 19.6 Å². The number of methoxy groups -OCH3 is 1. The number of benzene rings is 2. The van der Waals surface area contributed by atoms with Crippen LogP contribution in [0.3, 0.4) is 0 Å². The van der Waals surface area contributed by atoms with Crippen LogP contribution in [0.1, 0.15) is 5.56 Å². The van der Waals surface area contributed by atoms with Gasteiger partial charge in [0.2, 0.25) is 0 Å². The van der Waals surface area contributed by atoms with Crippen LogP contribution in [0.5, 0.6) is 5.75 Å². The lowest BCUT2D eigenvalue weighted by molar-refractivity contribution is 0.412. The molecule has 0 radical (unpaired) electrons. The second kappa shape index (κ2) is 5.75. The Kier molecular flexibility index (Phi) is 3.83. The molecule has 0 saturated heterocycles. The van der Waals surface area contributed by atoms with E-state index in [1.165, 1.54) is 16.9 Å². The summed E-state index contributed by atoms with van der Waals surface area (Å²) in [4.78, 5) is 2.40. The van der Waals surface area contributed by atoms with Crippen LogP contribution < -0.4 is 15.0 Å². The Labute approximate surface area is 127 Å². The van der Waals surface area contributed by atoms with Crippen molar-refractivity contribution in [2.75, 3.05) is 30.4 Å². The van der Waals surface area contributed by atoms with Gasteiger partial charge in [-0.3, -0.25) is 0 Å². The molecule has 4 heteroatoms. The van der Waals surface area contributed by atoms with Gasteiger partial charge in [0.15, 0.2) is 0 Å². The van der Waals surface area contributed by atoms with E-state index in [4.69, 9.17) is 4.74 Å². The molecule has 0 spiro atoms. The van der Waals surface area contributed by atoms with E-state index in [-0.39, 0.29) is 0 Å². The van der Waals surface area contributed by atoms with Crippen LogP contribution in [-0.4, -0.2) is 20.2 Å². The average Bonchev–Trinajstić information content (AvgIpc) is 2.48. The van der Waals surface area contributed by atoms with Crippen LogP contribution in [-0.2, 0) is 6.54 Å². The molecule has 0 amide bonds. The Hall–Kier alpha value is -1.68. The van der Waals surface area contributed by atoms with Gasteiger partial charge in [0.1, 0.15) is 5.75 Å². The van der Waals surface area contributed by atoms with Crippen molar-refractivity contribution in [2.24, 2.45) is 0 Å². The van der Waals surface area contributed by atoms with Gasteiger partial charge in [-0.2, -0.15) is 0 Å². The first-order valence-corrected chi connectivity index (χ1v) is 7.47. The molecule has 1 N–H and O–H groups in total. The molecule has 0 aliphatic carbocycles. The van der Waals surface area contributed by atoms with Crippen molar-refractivity contribution in [2.45, 2.75) is 6.54 Å². The number of rotatable bonds is 3. The Bertz CT molecular complexity index is 615. The molecule has 20 heavy (non-hydrogen) atoms. The third-order valence-corrected chi connectivity index (χ3v) is 4.15. The first-order valence-electron chi connectivity index (χ1n) is 6.68. The first-order chi connectivity index (χ1) is 9.78. The monoisotopic (exact) mass is 332 g/mol. The summed E-state index contributed by atoms with van der Waals surface area (Å²) in [6.45, 7) is 2.90. The standard InChI is InChI=1S/C16H17BrN2O/c1-20-16-7-6-12(10-13(16)17)11-19-9-8-18-14-4-2-3-5-15(14)19/h2-7,10,18H,8-9,11H2,1H3. The summed E-state index contributed by atoms with van der Waals surface area (Å²) in [5.41, 5.74) is 3.76. The van der Waals surface area contributed by atoms with Crippen molar-refractivity contribution >= 4 is 27.3 Å². The van der Waals surface area contributed by atoms with Crippen LogP contribution in [0.25, 0.3) is 0 Å². The van der Waals surface area contributed by atoms with E-state index in [2.05, 4.69) is 62.5 Å². The zero-order valence-electron chi connectivity index (χ0n) is 11.4. The van der Waals surface area contributed by atoms with E-state index in [1.807, 2.05) is 6.07 Å². The fraction of sp³-hybridized carbons (Fsp3) is 0.250. The smallest absolute Gasteiger partial charge is 0.133 e. The molecule has 0 aromatic heterocycles. The van der Waals surface area contributed by atoms with Crippen LogP contribution in [0.15, 0.2) is 46.9 Å². The van der Waals surface area contributed by atoms with Crippen LogP contribution in [0.4, 0.5) is 11.4 Å². The third-order valence-electron chi connectivity index (χ3n) is 3.53. The second-order valence-corrected chi connectivity index (χ2v) is 5.69. The van der Waals surface area contributed by atoms with E-state index in [0.29, 0.717) is 0 Å². The van der Waals surface area contributed by atoms with Gasteiger partial charge >= 0.3 is 0 Å². The van der Waals surface area contributed by atoms with E-state index in [9.17, 15) is 0 Å². The summed E-state index contributed by atoms with van der Waals surface area (Å²) in [5, 5.41) is 3.44. The Balaban J connectivity index is 1.84. The Morgan fingerprint density at radius 2 is 2.10 bits per heavy atom. The molecule has 1 aliphatic heterocycles. The summed E-state index contributed by atoms with van der Waals surface area (Å²) < 4.78 is 6.28. The van der Waals surface area contributed by atoms with E-state index in [0.717, 1.165) is 29.9 Å². The summed E-state index contributed by atoms with van der Waals surface area (Å²) in [6, 6.07) is 14.7. The number of fused-ring (bicyclic) bond motifs is 1. The minimum Gasteiger partial charge on any atom is -0.496 e. The van der Waals surface area contributed by atoms with Gasteiger partial charge in [-0.1, -0.05) is 18.2 Å². The van der Waals surface area contributed by atoms with Gasteiger partial charge in [0.25, 0.3) is 0 Å². The quantitative estimate of drug-likeness (QED) is 0.922. The van der Waals surface area contributed by atoms with Gasteiger partial charge in [-0.15, -0.1) is 0 Å². The number of nitrogens with zero attached hydrogens (tertiary/aromatic N) is 1. The van der Waals surface area contributed by atoms with Crippen molar-refractivity contribution in [3.05, 3.63) is 52.5 Å². The fourth-order valence-electron chi connectivity index (χ4n) is 2.54. The highest BCUT2D eigenvalue weighted by atomic mass is 79.9. The van der Waals surface area contributed by atoms with Crippen LogP contribution in [0.2, 0.25) is 0 Å². The molecule has 1 heterocycles. The number of anilines is 2. The minimum atomic E-state index is 0.870. The number of hydrogen-bond acceptors (Lipinski definition) is 3. The third kappa shape index (κ3) is 2.61. The summed E-state index contributed by atoms with van der Waals surface area (Å²) in [7, 11) is 1.69. The fourth-order valence-corrected chi connectivity index (χ4v) is 3.13. The zero-order valence-corrected chi connectivity index (χ0v) is 13.0. The lowest BCUT2D eigenvalue weighted by Crippen LogP contribution is -2.33. The van der Waals surface area contributed by atoms with Crippen LogP contribution >= 0.6 is 15.9 Å². The molecule has 0 bridgehead atoms. The van der Waals surface area contributed by atoms with Crippen LogP contribution in [0, 0.1) is 0 Å². The van der Waals surface area contributed by atoms with Crippen molar-refractivity contribution in [1.82, 2.24) is 0 Å². The van der Waals surface area contributed by atoms with Crippen molar-refractivity contribution < 1.29 is 4.74 Å². The Morgan fingerprint density at radius 3 is 2.90 bits per heavy atom. The number of hydrogen-bond donors (Lipinski definition) is 1. The highest BCUT2D eigenvalue weighted by Crippen LogP contribution is 2.31. The number of para-hydroxylation sites is 2. The highest BCUT2D eigenvalue weighted by Gasteiger charge is 2.16. The lowest BCUT2D eigenvalue weighted by atomic mass is 10.1. The topological polar surface area (TPSA) is 24.5 Å². The maximum atomic E-state index is 5.28. The van der Waals surface area contributed by atoms with Crippen molar-refractivity contribution in [1.29, 1.82) is 0 Å². The zero-order chi connectivity index (χ0) is 13.9. The molecule has 0 unspecified atom stereocenters. The Morgan fingerprint density at radius 1 is 1.25 bits per heavy atom. The molecule has 2 aromatic carbocycles. The predicted octanol–water partition coefficient (Wildman–Crippen LogP) is 3.89. The van der Waals surface area contributed by atoms with Gasteiger partial charge in [0.05, 0.1) is 23.0 Å². The molecule has 0 saturated carbocycles. The van der Waals surface area contributed by atoms with E-state index < -0.39 is 0 Å². The molecule has 2 aromatic rings. The summed E-state index contributed by atoms with van der Waals surface area (Å²) in [5.74, 6) is 0.870. The molecule has 104 valence electrons. The van der Waals surface area contributed by atoms with Crippen molar-refractivity contribution in [3.63, 3.8) is 0 Å². The maximum absolute atomic E-state index is 5.28. The SMILES string of the molecule is COc1ccc(CN2CCNc3ccccc32)cc1Br. The van der Waals surface area contributed by atoms with Gasteiger partial charge in [-0.25, -0.2) is 0 Å². The summed E-state index contributed by atoms with van der Waals surface area (Å²) >= 11 is 3.55. The number of ether oxygens (including phenoxy) is 1. The predicted molar refractivity (Wildman–Crippen MR) is 86.7 cm³/mol. The normalized spacial score (nSPS) is 13.6. The van der Waals surface area contributed by atoms with Gasteiger partial charge in [-0.05, 0) is 45.8 Å². The lowest BCUT2D eigenvalue weighted by Gasteiger charge is -2.32. The molecule has 0 fully saturated rings. The number of halogens is 1. The summed E-state index contributed by atoms with van der Waals surface area (Å²) in [6.07, 6.45) is 0. The first kappa shape index (κ1) is 13.3. The highest BCUT2D eigenvalue weighted by molar-refractivity contribution is 9.10. The molecule has 3 rings (SSSR count). The molecular weight excluding hydrogens is 316 g/mol. The molecular formula is C16H17BrN2O. The largest absolute Gasteiger partial charge is 0.496 e. The van der Waals surface area contributed by atoms with E-state index >= 15 is 0 Å². The minimum absolute atomic E-state index is 0.870. The molecule has 1 aliphatic rings. The molecule has 3 nitrogen and oxygen atoms in total. The van der Waals surface area contributed by atoms with Crippen molar-refractivity contribution in [3.8, 4) is 5.75 Å². The molecule has 0 atom stereocenters.